The average molecular weight is 432 g/mol. The molecule has 3 heterocycles. The highest BCUT2D eigenvalue weighted by Crippen LogP contribution is 2.31. The highest BCUT2D eigenvalue weighted by molar-refractivity contribution is 8.03. The fraction of sp³-hybridized carbons (Fsp3) is 0.350. The van der Waals surface area contributed by atoms with Gasteiger partial charge in [-0.15, -0.1) is 0 Å². The Bertz CT molecular complexity index is 890. The van der Waals surface area contributed by atoms with E-state index in [9.17, 15) is 9.90 Å². The first-order valence-corrected chi connectivity index (χ1v) is 10.5. The predicted molar refractivity (Wildman–Crippen MR) is 113 cm³/mol. The zero-order valence-electron chi connectivity index (χ0n) is 16.4. The Balaban J connectivity index is 1.45. The van der Waals surface area contributed by atoms with Crippen LogP contribution in [0.5, 0.6) is 5.75 Å². The molecule has 3 aliphatic rings. The lowest BCUT2D eigenvalue weighted by molar-refractivity contribution is -0.119. The van der Waals surface area contributed by atoms with Crippen molar-refractivity contribution in [3.8, 4) is 5.75 Å². The number of rotatable bonds is 7. The summed E-state index contributed by atoms with van der Waals surface area (Å²) in [4.78, 5) is 13.9. The molecule has 3 unspecified atom stereocenters. The van der Waals surface area contributed by atoms with Gasteiger partial charge >= 0.3 is 0 Å². The number of nitrogens with zero attached hydrogens (tertiary/aromatic N) is 1. The summed E-state index contributed by atoms with van der Waals surface area (Å²) in [6.07, 6.45) is 6.43. The third kappa shape index (κ3) is 4.41. The predicted octanol–water partition coefficient (Wildman–Crippen LogP) is 0.204. The van der Waals surface area contributed by atoms with Crippen LogP contribution in [0, 0.1) is 0 Å². The van der Waals surface area contributed by atoms with Gasteiger partial charge in [-0.1, -0.05) is 36.0 Å². The molecule has 0 aromatic heterocycles. The van der Waals surface area contributed by atoms with Crippen LogP contribution in [0.1, 0.15) is 18.5 Å². The Labute approximate surface area is 178 Å². The van der Waals surface area contributed by atoms with E-state index < -0.39 is 6.10 Å². The van der Waals surface area contributed by atoms with Gasteiger partial charge in [0.15, 0.2) is 5.50 Å². The minimum Gasteiger partial charge on any atom is -0.490 e. The SMILES string of the molecule is CC1=CNC(NC(=O)C2=CNC3C=CC(c4ccccc4OC[C@H](O)CO)NN23)S1. The topological polar surface area (TPSA) is 118 Å². The monoisotopic (exact) mass is 431 g/mol. The van der Waals surface area contributed by atoms with Crippen LogP contribution >= 0.6 is 11.8 Å². The molecule has 1 aromatic carbocycles. The number of thioether (sulfide) groups is 1. The molecule has 1 amide bonds. The van der Waals surface area contributed by atoms with E-state index in [1.807, 2.05) is 49.5 Å². The van der Waals surface area contributed by atoms with Crippen molar-refractivity contribution < 1.29 is 19.7 Å². The number of hydrogen-bond acceptors (Lipinski definition) is 9. The number of para-hydroxylation sites is 1. The van der Waals surface area contributed by atoms with E-state index in [0.29, 0.717) is 11.4 Å². The lowest BCUT2D eigenvalue weighted by Gasteiger charge is -2.35. The minimum absolute atomic E-state index is 0.00902. The summed E-state index contributed by atoms with van der Waals surface area (Å²) in [5.41, 5.74) is 4.51. The Morgan fingerprint density at radius 2 is 2.13 bits per heavy atom. The molecule has 9 nitrogen and oxygen atoms in total. The molecule has 160 valence electrons. The molecule has 0 bridgehead atoms. The van der Waals surface area contributed by atoms with E-state index in [1.54, 1.807) is 23.0 Å². The molecular weight excluding hydrogens is 406 g/mol. The second-order valence-corrected chi connectivity index (χ2v) is 8.43. The number of aliphatic hydroxyl groups excluding tert-OH is 2. The normalized spacial score (nSPS) is 25.6. The van der Waals surface area contributed by atoms with Gasteiger partial charge in [0.2, 0.25) is 0 Å². The van der Waals surface area contributed by atoms with Gasteiger partial charge in [-0.25, -0.2) is 5.43 Å². The summed E-state index contributed by atoms with van der Waals surface area (Å²) in [6.45, 7) is 1.61. The molecule has 30 heavy (non-hydrogen) atoms. The van der Waals surface area contributed by atoms with Gasteiger partial charge in [0.05, 0.1) is 12.6 Å². The van der Waals surface area contributed by atoms with Crippen molar-refractivity contribution >= 4 is 17.7 Å². The van der Waals surface area contributed by atoms with Crippen molar-refractivity contribution in [2.24, 2.45) is 0 Å². The first kappa shape index (κ1) is 20.6. The maximum Gasteiger partial charge on any atom is 0.272 e. The number of aliphatic hydroxyl groups is 2. The lowest BCUT2D eigenvalue weighted by Crippen LogP contribution is -2.52. The number of fused-ring (bicyclic) bond motifs is 1. The number of carbonyl (C=O) groups is 1. The van der Waals surface area contributed by atoms with Crippen molar-refractivity contribution in [2.45, 2.75) is 30.7 Å². The smallest absolute Gasteiger partial charge is 0.272 e. The van der Waals surface area contributed by atoms with Gasteiger partial charge in [-0.05, 0) is 19.1 Å². The van der Waals surface area contributed by atoms with Gasteiger partial charge in [0, 0.05) is 22.9 Å². The quantitative estimate of drug-likeness (QED) is 0.337. The van der Waals surface area contributed by atoms with E-state index in [2.05, 4.69) is 21.4 Å². The Hall–Kier alpha value is -2.66. The van der Waals surface area contributed by atoms with Crippen LogP contribution in [0.4, 0.5) is 0 Å². The molecule has 4 rings (SSSR count). The first-order valence-electron chi connectivity index (χ1n) is 9.66. The van der Waals surface area contributed by atoms with Crippen molar-refractivity contribution in [3.63, 3.8) is 0 Å². The average Bonchev–Trinajstić information content (AvgIpc) is 3.37. The summed E-state index contributed by atoms with van der Waals surface area (Å²) in [5.74, 6) is 0.399. The van der Waals surface area contributed by atoms with Gasteiger partial charge < -0.3 is 30.9 Å². The number of hydrazine groups is 1. The molecule has 0 saturated carbocycles. The van der Waals surface area contributed by atoms with Crippen LogP contribution in [0.3, 0.4) is 0 Å². The molecule has 10 heteroatoms. The van der Waals surface area contributed by atoms with Crippen LogP contribution < -0.4 is 26.1 Å². The molecule has 0 radical (unpaired) electrons. The van der Waals surface area contributed by atoms with Crippen molar-refractivity contribution in [2.75, 3.05) is 13.2 Å². The van der Waals surface area contributed by atoms with E-state index >= 15 is 0 Å². The molecule has 3 aliphatic heterocycles. The zero-order valence-corrected chi connectivity index (χ0v) is 17.2. The summed E-state index contributed by atoms with van der Waals surface area (Å²) in [7, 11) is 0. The second-order valence-electron chi connectivity index (χ2n) is 7.08. The van der Waals surface area contributed by atoms with E-state index in [1.165, 1.54) is 0 Å². The van der Waals surface area contributed by atoms with E-state index in [4.69, 9.17) is 9.84 Å². The summed E-state index contributed by atoms with van der Waals surface area (Å²) < 4.78 is 5.70. The van der Waals surface area contributed by atoms with Gasteiger partial charge in [0.1, 0.15) is 30.3 Å². The van der Waals surface area contributed by atoms with Crippen LogP contribution in [-0.2, 0) is 4.79 Å². The second kappa shape index (κ2) is 9.00. The Morgan fingerprint density at radius 3 is 2.90 bits per heavy atom. The maximum atomic E-state index is 12.8. The van der Waals surface area contributed by atoms with Crippen molar-refractivity contribution in [3.05, 3.63) is 65.0 Å². The number of amides is 1. The molecule has 0 aliphatic carbocycles. The van der Waals surface area contributed by atoms with Gasteiger partial charge in [-0.2, -0.15) is 0 Å². The highest BCUT2D eigenvalue weighted by atomic mass is 32.2. The van der Waals surface area contributed by atoms with E-state index in [0.717, 1.165) is 10.5 Å². The largest absolute Gasteiger partial charge is 0.490 e. The molecule has 4 atom stereocenters. The number of ether oxygens (including phenoxy) is 1. The highest BCUT2D eigenvalue weighted by Gasteiger charge is 2.34. The molecule has 6 N–H and O–H groups in total. The van der Waals surface area contributed by atoms with Crippen LogP contribution in [0.25, 0.3) is 0 Å². The molecule has 1 aromatic rings. The molecular formula is C20H25N5O4S. The van der Waals surface area contributed by atoms with Gasteiger partial charge in [-0.3, -0.25) is 9.80 Å². The zero-order chi connectivity index (χ0) is 21.1. The van der Waals surface area contributed by atoms with Crippen LogP contribution in [0.2, 0.25) is 0 Å². The minimum atomic E-state index is -0.946. The fourth-order valence-electron chi connectivity index (χ4n) is 3.33. The van der Waals surface area contributed by atoms with Crippen molar-refractivity contribution in [1.29, 1.82) is 0 Å². The number of allylic oxidation sites excluding steroid dienone is 1. The number of benzene rings is 1. The number of hydrogen-bond donors (Lipinski definition) is 6. The summed E-state index contributed by atoms with van der Waals surface area (Å²) in [5, 5.41) is 29.6. The lowest BCUT2D eigenvalue weighted by atomic mass is 10.0. The number of carbonyl (C=O) groups excluding carboxylic acids is 1. The Morgan fingerprint density at radius 1 is 1.30 bits per heavy atom. The van der Waals surface area contributed by atoms with Crippen LogP contribution in [0.15, 0.2) is 59.4 Å². The third-order valence-corrected chi connectivity index (χ3v) is 5.80. The van der Waals surface area contributed by atoms with Crippen molar-refractivity contribution in [1.82, 2.24) is 26.4 Å². The summed E-state index contributed by atoms with van der Waals surface area (Å²) >= 11 is 1.55. The third-order valence-electron chi connectivity index (χ3n) is 4.83. The summed E-state index contributed by atoms with van der Waals surface area (Å²) in [6, 6.07) is 7.24. The van der Waals surface area contributed by atoms with E-state index in [-0.39, 0.29) is 36.8 Å². The molecule has 0 spiro atoms. The Kier molecular flexibility index (Phi) is 6.18. The first-order chi connectivity index (χ1) is 14.5. The van der Waals surface area contributed by atoms with Crippen LogP contribution in [-0.4, -0.2) is 52.1 Å². The van der Waals surface area contributed by atoms with Gasteiger partial charge in [0.25, 0.3) is 5.91 Å². The molecule has 0 fully saturated rings. The fourth-order valence-corrected chi connectivity index (χ4v) is 4.14. The number of nitrogens with one attached hydrogen (secondary N) is 4. The standard InChI is InChI=1S/C20H25N5O4S/c1-12-8-22-20(30-12)23-19(28)16-9-21-18-7-6-15(24-25(16)18)14-4-2-3-5-17(14)29-11-13(27)10-26/h2-9,13,15,18,20-22,24,26-27H,10-11H2,1H3,(H,23,28)/t13-,15?,18?,20?/m1/s1. The maximum absolute atomic E-state index is 12.8. The molecule has 0 saturated heterocycles.